The lowest BCUT2D eigenvalue weighted by molar-refractivity contribution is -0.135. The standard InChI is InChI=1S/C20H25NO2/c1-3-4-15-21(17(2)18-11-7-5-8-12-18)20(22)16-23-19-13-9-6-10-14-19/h5-14,17H,3-4,15-16H2,1-2H3. The molecule has 1 atom stereocenters. The van der Waals surface area contributed by atoms with Crippen molar-refractivity contribution in [3.05, 3.63) is 66.2 Å². The molecule has 1 amide bonds. The van der Waals surface area contributed by atoms with Crippen LogP contribution in [0.5, 0.6) is 5.75 Å². The fourth-order valence-electron chi connectivity index (χ4n) is 2.52. The molecule has 0 radical (unpaired) electrons. The smallest absolute Gasteiger partial charge is 0.261 e. The Bertz CT molecular complexity index is 583. The lowest BCUT2D eigenvalue weighted by Crippen LogP contribution is -2.37. The van der Waals surface area contributed by atoms with Gasteiger partial charge in [0.25, 0.3) is 5.91 Å². The molecule has 0 saturated heterocycles. The van der Waals surface area contributed by atoms with Crippen molar-refractivity contribution >= 4 is 5.91 Å². The minimum atomic E-state index is 0.0265. The van der Waals surface area contributed by atoms with Gasteiger partial charge in [-0.15, -0.1) is 0 Å². The first-order chi connectivity index (χ1) is 11.2. The molecule has 0 spiro atoms. The van der Waals surface area contributed by atoms with E-state index in [0.29, 0.717) is 0 Å². The van der Waals surface area contributed by atoms with Gasteiger partial charge in [0, 0.05) is 6.54 Å². The van der Waals surface area contributed by atoms with Crippen LogP contribution in [0.2, 0.25) is 0 Å². The van der Waals surface area contributed by atoms with Crippen molar-refractivity contribution in [2.24, 2.45) is 0 Å². The topological polar surface area (TPSA) is 29.5 Å². The van der Waals surface area contributed by atoms with Crippen molar-refractivity contribution in [3.8, 4) is 5.75 Å². The summed E-state index contributed by atoms with van der Waals surface area (Å²) in [5.41, 5.74) is 1.15. The Hall–Kier alpha value is -2.29. The third-order valence-electron chi connectivity index (χ3n) is 3.93. The van der Waals surface area contributed by atoms with E-state index in [1.807, 2.05) is 53.4 Å². The van der Waals surface area contributed by atoms with Gasteiger partial charge in [-0.05, 0) is 31.0 Å². The SMILES string of the molecule is CCCCN(C(=O)COc1ccccc1)C(C)c1ccccc1. The number of nitrogens with zero attached hydrogens (tertiary/aromatic N) is 1. The average Bonchev–Trinajstić information content (AvgIpc) is 2.61. The zero-order valence-corrected chi connectivity index (χ0v) is 13.9. The zero-order valence-electron chi connectivity index (χ0n) is 13.9. The Labute approximate surface area is 138 Å². The maximum Gasteiger partial charge on any atom is 0.261 e. The highest BCUT2D eigenvalue weighted by molar-refractivity contribution is 5.78. The molecule has 2 rings (SSSR count). The molecule has 122 valence electrons. The Morgan fingerprint density at radius 2 is 1.65 bits per heavy atom. The minimum absolute atomic E-state index is 0.0265. The van der Waals surface area contributed by atoms with Crippen molar-refractivity contribution < 1.29 is 9.53 Å². The molecule has 0 aromatic heterocycles. The fraction of sp³-hybridized carbons (Fsp3) is 0.350. The first kappa shape index (κ1) is 17.1. The first-order valence-electron chi connectivity index (χ1n) is 8.24. The minimum Gasteiger partial charge on any atom is -0.484 e. The van der Waals surface area contributed by atoms with Crippen LogP contribution in [0.1, 0.15) is 38.3 Å². The summed E-state index contributed by atoms with van der Waals surface area (Å²) in [5.74, 6) is 0.752. The summed E-state index contributed by atoms with van der Waals surface area (Å²) < 4.78 is 5.62. The summed E-state index contributed by atoms with van der Waals surface area (Å²) in [6.07, 6.45) is 2.05. The Morgan fingerprint density at radius 3 is 2.26 bits per heavy atom. The van der Waals surface area contributed by atoms with E-state index in [1.54, 1.807) is 0 Å². The summed E-state index contributed by atoms with van der Waals surface area (Å²) in [7, 11) is 0. The van der Waals surface area contributed by atoms with Gasteiger partial charge in [0.1, 0.15) is 5.75 Å². The predicted octanol–water partition coefficient (Wildman–Crippen LogP) is 4.46. The van der Waals surface area contributed by atoms with Gasteiger partial charge in [-0.1, -0.05) is 61.9 Å². The van der Waals surface area contributed by atoms with Crippen LogP contribution in [-0.2, 0) is 4.79 Å². The summed E-state index contributed by atoms with van der Waals surface area (Å²) in [6.45, 7) is 5.04. The number of carbonyl (C=O) groups is 1. The molecule has 2 aromatic rings. The molecular weight excluding hydrogens is 286 g/mol. The largest absolute Gasteiger partial charge is 0.484 e. The lowest BCUT2D eigenvalue weighted by Gasteiger charge is -2.29. The number of amides is 1. The summed E-state index contributed by atoms with van der Waals surface area (Å²) in [6, 6.07) is 19.7. The van der Waals surface area contributed by atoms with Gasteiger partial charge in [-0.2, -0.15) is 0 Å². The van der Waals surface area contributed by atoms with Crippen molar-refractivity contribution in [1.29, 1.82) is 0 Å². The molecular formula is C20H25NO2. The number of ether oxygens (including phenoxy) is 1. The number of hydrogen-bond acceptors (Lipinski definition) is 2. The van der Waals surface area contributed by atoms with Crippen LogP contribution in [0.4, 0.5) is 0 Å². The second-order valence-electron chi connectivity index (χ2n) is 5.63. The molecule has 0 N–H and O–H groups in total. The molecule has 1 unspecified atom stereocenters. The van der Waals surface area contributed by atoms with E-state index in [1.165, 1.54) is 0 Å². The highest BCUT2D eigenvalue weighted by atomic mass is 16.5. The fourth-order valence-corrected chi connectivity index (χ4v) is 2.52. The number of para-hydroxylation sites is 1. The number of hydrogen-bond donors (Lipinski definition) is 0. The van der Waals surface area contributed by atoms with Gasteiger partial charge in [0.05, 0.1) is 6.04 Å². The second-order valence-corrected chi connectivity index (χ2v) is 5.63. The van der Waals surface area contributed by atoms with E-state index in [9.17, 15) is 4.79 Å². The molecule has 3 nitrogen and oxygen atoms in total. The normalized spacial score (nSPS) is 11.7. The molecule has 0 aliphatic heterocycles. The van der Waals surface area contributed by atoms with Gasteiger partial charge in [-0.25, -0.2) is 0 Å². The maximum absolute atomic E-state index is 12.6. The molecule has 3 heteroatoms. The van der Waals surface area contributed by atoms with Crippen LogP contribution in [-0.4, -0.2) is 24.0 Å². The van der Waals surface area contributed by atoms with E-state index in [0.717, 1.165) is 30.7 Å². The van der Waals surface area contributed by atoms with Crippen LogP contribution in [0.15, 0.2) is 60.7 Å². The third-order valence-corrected chi connectivity index (χ3v) is 3.93. The van der Waals surface area contributed by atoms with E-state index < -0.39 is 0 Å². The molecule has 0 heterocycles. The number of benzene rings is 2. The molecule has 0 aliphatic carbocycles. The molecule has 0 bridgehead atoms. The zero-order chi connectivity index (χ0) is 16.5. The third kappa shape index (κ3) is 5.13. The van der Waals surface area contributed by atoms with E-state index in [-0.39, 0.29) is 18.6 Å². The van der Waals surface area contributed by atoms with Crippen LogP contribution in [0, 0.1) is 0 Å². The van der Waals surface area contributed by atoms with Crippen molar-refractivity contribution in [1.82, 2.24) is 4.90 Å². The van der Waals surface area contributed by atoms with Crippen molar-refractivity contribution in [2.45, 2.75) is 32.7 Å². The van der Waals surface area contributed by atoms with Gasteiger partial charge in [-0.3, -0.25) is 4.79 Å². The second kappa shape index (κ2) is 8.99. The van der Waals surface area contributed by atoms with E-state index in [2.05, 4.69) is 26.0 Å². The number of rotatable bonds is 8. The predicted molar refractivity (Wildman–Crippen MR) is 93.4 cm³/mol. The van der Waals surface area contributed by atoms with Crippen LogP contribution in [0.25, 0.3) is 0 Å². The monoisotopic (exact) mass is 311 g/mol. The lowest BCUT2D eigenvalue weighted by atomic mass is 10.1. The number of unbranched alkanes of at least 4 members (excludes halogenated alkanes) is 1. The van der Waals surface area contributed by atoms with Gasteiger partial charge in [0.15, 0.2) is 6.61 Å². The highest BCUT2D eigenvalue weighted by Gasteiger charge is 2.21. The summed E-state index contributed by atoms with van der Waals surface area (Å²) in [4.78, 5) is 14.6. The molecule has 0 saturated carbocycles. The first-order valence-corrected chi connectivity index (χ1v) is 8.24. The molecule has 0 fully saturated rings. The maximum atomic E-state index is 12.6. The summed E-state index contributed by atoms with van der Waals surface area (Å²) in [5, 5.41) is 0. The Kier molecular flexibility index (Phi) is 6.67. The Balaban J connectivity index is 2.03. The highest BCUT2D eigenvalue weighted by Crippen LogP contribution is 2.21. The van der Waals surface area contributed by atoms with Crippen LogP contribution >= 0.6 is 0 Å². The molecule has 0 aliphatic rings. The van der Waals surface area contributed by atoms with E-state index in [4.69, 9.17) is 4.74 Å². The average molecular weight is 311 g/mol. The number of carbonyl (C=O) groups excluding carboxylic acids is 1. The van der Waals surface area contributed by atoms with E-state index >= 15 is 0 Å². The van der Waals surface area contributed by atoms with Crippen LogP contribution in [0.3, 0.4) is 0 Å². The van der Waals surface area contributed by atoms with Gasteiger partial charge >= 0.3 is 0 Å². The molecule has 2 aromatic carbocycles. The van der Waals surface area contributed by atoms with Gasteiger partial charge < -0.3 is 9.64 Å². The van der Waals surface area contributed by atoms with Crippen LogP contribution < -0.4 is 4.74 Å². The van der Waals surface area contributed by atoms with Crippen molar-refractivity contribution in [3.63, 3.8) is 0 Å². The Morgan fingerprint density at radius 1 is 1.04 bits per heavy atom. The van der Waals surface area contributed by atoms with Crippen molar-refractivity contribution in [2.75, 3.05) is 13.2 Å². The molecule has 23 heavy (non-hydrogen) atoms. The quantitative estimate of drug-likeness (QED) is 0.720. The van der Waals surface area contributed by atoms with Gasteiger partial charge in [0.2, 0.25) is 0 Å². The summed E-state index contributed by atoms with van der Waals surface area (Å²) >= 11 is 0.